The van der Waals surface area contributed by atoms with Gasteiger partial charge in [-0.05, 0) is 25.0 Å². The minimum Gasteiger partial charge on any atom is -0.468 e. The molecule has 0 saturated heterocycles. The van der Waals surface area contributed by atoms with E-state index in [1.54, 1.807) is 18.4 Å². The number of nitrogens with one attached hydrogen (secondary N) is 1. The zero-order chi connectivity index (χ0) is 8.39. The second kappa shape index (κ2) is 3.27. The van der Waals surface area contributed by atoms with Gasteiger partial charge in [-0.3, -0.25) is 0 Å². The molecule has 0 bridgehead atoms. The van der Waals surface area contributed by atoms with Gasteiger partial charge in [-0.25, -0.2) is 4.39 Å². The monoisotopic (exact) mass is 169 g/mol. The lowest BCUT2D eigenvalue weighted by Crippen LogP contribution is -2.24. The molecule has 3 heteroatoms. The number of hydrogen-bond donors (Lipinski definition) is 1. The molecule has 1 heterocycles. The molecule has 0 aromatic carbocycles. The normalized spacial score (nSPS) is 19.4. The van der Waals surface area contributed by atoms with E-state index in [2.05, 4.69) is 5.32 Å². The summed E-state index contributed by atoms with van der Waals surface area (Å²) in [5.74, 6) is 0.699. The highest BCUT2D eigenvalue weighted by atomic mass is 19.1. The molecule has 0 aliphatic heterocycles. The van der Waals surface area contributed by atoms with Crippen molar-refractivity contribution < 1.29 is 8.81 Å². The first-order valence-electron chi connectivity index (χ1n) is 4.25. The summed E-state index contributed by atoms with van der Waals surface area (Å²) in [6, 6.07) is 3.86. The predicted octanol–water partition coefficient (Wildman–Crippen LogP) is 2.04. The summed E-state index contributed by atoms with van der Waals surface area (Å²) in [4.78, 5) is 0. The van der Waals surface area contributed by atoms with Crippen LogP contribution in [0, 0.1) is 0 Å². The van der Waals surface area contributed by atoms with E-state index in [0.29, 0.717) is 11.8 Å². The third-order valence-electron chi connectivity index (χ3n) is 2.06. The number of rotatable bonds is 4. The molecule has 0 amide bonds. The van der Waals surface area contributed by atoms with Crippen molar-refractivity contribution in [3.8, 4) is 0 Å². The Kier molecular flexibility index (Phi) is 2.13. The van der Waals surface area contributed by atoms with Crippen molar-refractivity contribution in [1.29, 1.82) is 0 Å². The number of halogens is 1. The van der Waals surface area contributed by atoms with Gasteiger partial charge < -0.3 is 9.73 Å². The highest BCUT2D eigenvalue weighted by Crippen LogP contribution is 2.24. The zero-order valence-electron chi connectivity index (χ0n) is 6.79. The van der Waals surface area contributed by atoms with Gasteiger partial charge in [0.25, 0.3) is 0 Å². The van der Waals surface area contributed by atoms with Crippen LogP contribution in [0.5, 0.6) is 0 Å². The first-order chi connectivity index (χ1) is 5.90. The van der Waals surface area contributed by atoms with E-state index < -0.39 is 6.67 Å². The Hall–Kier alpha value is -0.830. The van der Waals surface area contributed by atoms with Crippen LogP contribution in [-0.2, 0) is 0 Å². The molecule has 2 nitrogen and oxygen atoms in total. The summed E-state index contributed by atoms with van der Waals surface area (Å²) < 4.78 is 17.6. The summed E-state index contributed by atoms with van der Waals surface area (Å²) in [5, 5.41) is 3.17. The fourth-order valence-electron chi connectivity index (χ4n) is 1.23. The fraction of sp³-hybridized carbons (Fsp3) is 0.556. The second-order valence-corrected chi connectivity index (χ2v) is 3.16. The molecule has 1 aliphatic carbocycles. The van der Waals surface area contributed by atoms with Gasteiger partial charge in [-0.1, -0.05) is 0 Å². The van der Waals surface area contributed by atoms with Crippen LogP contribution in [0.25, 0.3) is 0 Å². The lowest BCUT2D eigenvalue weighted by molar-refractivity contribution is 0.331. The van der Waals surface area contributed by atoms with Gasteiger partial charge in [0.1, 0.15) is 12.4 Å². The van der Waals surface area contributed by atoms with E-state index in [1.165, 1.54) is 0 Å². The Balaban J connectivity index is 1.97. The maximum Gasteiger partial charge on any atom is 0.123 e. The smallest absolute Gasteiger partial charge is 0.123 e. The zero-order valence-corrected chi connectivity index (χ0v) is 6.79. The summed E-state index contributed by atoms with van der Waals surface area (Å²) in [6.45, 7) is -0.399. The third kappa shape index (κ3) is 1.67. The molecule has 1 aromatic rings. The topological polar surface area (TPSA) is 25.2 Å². The van der Waals surface area contributed by atoms with E-state index >= 15 is 0 Å². The first kappa shape index (κ1) is 7.80. The molecule has 1 aromatic heterocycles. The SMILES string of the molecule is FCC(NC1CC1)c1ccco1. The van der Waals surface area contributed by atoms with Crippen molar-refractivity contribution in [3.63, 3.8) is 0 Å². The van der Waals surface area contributed by atoms with Gasteiger partial charge in [-0.15, -0.1) is 0 Å². The Bertz CT molecular complexity index is 231. The van der Waals surface area contributed by atoms with Crippen molar-refractivity contribution in [3.05, 3.63) is 24.2 Å². The average Bonchev–Trinajstić information content (AvgIpc) is 2.74. The predicted molar refractivity (Wildman–Crippen MR) is 43.6 cm³/mol. The Morgan fingerprint density at radius 3 is 3.00 bits per heavy atom. The largest absolute Gasteiger partial charge is 0.468 e. The highest BCUT2D eigenvalue weighted by molar-refractivity contribution is 5.05. The van der Waals surface area contributed by atoms with Crippen LogP contribution < -0.4 is 5.32 Å². The quantitative estimate of drug-likeness (QED) is 0.746. The molecule has 2 rings (SSSR count). The molecule has 0 spiro atoms. The Labute approximate surface area is 70.8 Å². The van der Waals surface area contributed by atoms with Gasteiger partial charge >= 0.3 is 0 Å². The maximum absolute atomic E-state index is 12.5. The molecular formula is C9H12FNO. The summed E-state index contributed by atoms with van der Waals surface area (Å²) >= 11 is 0. The van der Waals surface area contributed by atoms with Crippen molar-refractivity contribution in [2.24, 2.45) is 0 Å². The van der Waals surface area contributed by atoms with E-state index in [4.69, 9.17) is 4.42 Å². The Morgan fingerprint density at radius 2 is 2.50 bits per heavy atom. The summed E-state index contributed by atoms with van der Waals surface area (Å²) in [5.41, 5.74) is 0. The van der Waals surface area contributed by atoms with Crippen LogP contribution in [0.4, 0.5) is 4.39 Å². The van der Waals surface area contributed by atoms with Crippen LogP contribution in [0.3, 0.4) is 0 Å². The number of furan rings is 1. The van der Waals surface area contributed by atoms with Gasteiger partial charge in [0, 0.05) is 6.04 Å². The van der Waals surface area contributed by atoms with E-state index in [-0.39, 0.29) is 6.04 Å². The summed E-state index contributed by atoms with van der Waals surface area (Å²) in [6.07, 6.45) is 3.90. The molecule has 12 heavy (non-hydrogen) atoms. The first-order valence-corrected chi connectivity index (χ1v) is 4.25. The molecule has 1 N–H and O–H groups in total. The van der Waals surface area contributed by atoms with Crippen molar-refractivity contribution in [1.82, 2.24) is 5.32 Å². The van der Waals surface area contributed by atoms with Gasteiger partial charge in [0.15, 0.2) is 0 Å². The molecule has 66 valence electrons. The molecule has 1 atom stereocenters. The standard InChI is InChI=1S/C9H12FNO/c10-6-8(11-7-3-4-7)9-2-1-5-12-9/h1-2,5,7-8,11H,3-4,6H2. The lowest BCUT2D eigenvalue weighted by Gasteiger charge is -2.11. The van der Waals surface area contributed by atoms with Gasteiger partial charge in [0.2, 0.25) is 0 Å². The Morgan fingerprint density at radius 1 is 1.67 bits per heavy atom. The molecule has 1 fully saturated rings. The van der Waals surface area contributed by atoms with Crippen LogP contribution in [0.1, 0.15) is 24.6 Å². The number of hydrogen-bond acceptors (Lipinski definition) is 2. The molecule has 0 radical (unpaired) electrons. The summed E-state index contributed by atoms with van der Waals surface area (Å²) in [7, 11) is 0. The minimum atomic E-state index is -0.399. The fourth-order valence-corrected chi connectivity index (χ4v) is 1.23. The van der Waals surface area contributed by atoms with Crippen LogP contribution in [-0.4, -0.2) is 12.7 Å². The van der Waals surface area contributed by atoms with Crippen LogP contribution in [0.2, 0.25) is 0 Å². The third-order valence-corrected chi connectivity index (χ3v) is 2.06. The second-order valence-electron chi connectivity index (χ2n) is 3.16. The number of alkyl halides is 1. The highest BCUT2D eigenvalue weighted by Gasteiger charge is 2.26. The molecule has 1 aliphatic rings. The average molecular weight is 169 g/mol. The molecular weight excluding hydrogens is 157 g/mol. The lowest BCUT2D eigenvalue weighted by atomic mass is 10.2. The van der Waals surface area contributed by atoms with Gasteiger partial charge in [0.05, 0.1) is 12.3 Å². The van der Waals surface area contributed by atoms with E-state index in [1.807, 2.05) is 0 Å². The van der Waals surface area contributed by atoms with Crippen molar-refractivity contribution >= 4 is 0 Å². The maximum atomic E-state index is 12.5. The van der Waals surface area contributed by atoms with Gasteiger partial charge in [-0.2, -0.15) is 0 Å². The van der Waals surface area contributed by atoms with E-state index in [0.717, 1.165) is 12.8 Å². The minimum absolute atomic E-state index is 0.243. The van der Waals surface area contributed by atoms with Crippen LogP contribution >= 0.6 is 0 Å². The molecule has 1 unspecified atom stereocenters. The van der Waals surface area contributed by atoms with Crippen LogP contribution in [0.15, 0.2) is 22.8 Å². The van der Waals surface area contributed by atoms with Crippen molar-refractivity contribution in [2.45, 2.75) is 24.9 Å². The van der Waals surface area contributed by atoms with E-state index in [9.17, 15) is 4.39 Å². The van der Waals surface area contributed by atoms with Crippen molar-refractivity contribution in [2.75, 3.05) is 6.67 Å². The molecule has 1 saturated carbocycles.